The van der Waals surface area contributed by atoms with Crippen molar-refractivity contribution in [3.63, 3.8) is 0 Å². The van der Waals surface area contributed by atoms with E-state index in [1.165, 1.54) is 23.5 Å². The van der Waals surface area contributed by atoms with E-state index in [1.807, 2.05) is 0 Å². The second-order valence-electron chi connectivity index (χ2n) is 7.40. The topological polar surface area (TPSA) is 97.9 Å². The average molecular weight is 462 g/mol. The summed E-state index contributed by atoms with van der Waals surface area (Å²) in [6.45, 7) is 0.836. The molecule has 0 bridgehead atoms. The Bertz CT molecular complexity index is 1250. The minimum atomic E-state index is -4.04. The Hall–Kier alpha value is -2.79. The molecular weight excluding hydrogens is 439 g/mol. The number of aromatic nitrogens is 1. The monoisotopic (exact) mass is 462 g/mol. The van der Waals surface area contributed by atoms with E-state index >= 15 is 0 Å². The van der Waals surface area contributed by atoms with Crippen molar-refractivity contribution in [2.24, 2.45) is 0 Å². The zero-order valence-corrected chi connectivity index (χ0v) is 18.2. The highest BCUT2D eigenvalue weighted by Gasteiger charge is 2.30. The summed E-state index contributed by atoms with van der Waals surface area (Å²) in [6.07, 6.45) is -0.484. The molecule has 4 rings (SSSR count). The molecule has 1 saturated heterocycles. The number of fused-ring (bicyclic) bond motifs is 1. The predicted octanol–water partition coefficient (Wildman–Crippen LogP) is 2.28. The van der Waals surface area contributed by atoms with Gasteiger partial charge in [0, 0.05) is 24.7 Å². The van der Waals surface area contributed by atoms with E-state index in [9.17, 15) is 17.6 Å². The van der Waals surface area contributed by atoms with Gasteiger partial charge in [-0.15, -0.1) is 0 Å². The third kappa shape index (κ3) is 4.83. The second kappa shape index (κ2) is 9.37. The first-order valence-corrected chi connectivity index (χ1v) is 11.5. The summed E-state index contributed by atoms with van der Waals surface area (Å²) in [6, 6.07) is 11.5. The molecule has 1 aromatic heterocycles. The van der Waals surface area contributed by atoms with Crippen LogP contribution in [0.3, 0.4) is 0 Å². The Morgan fingerprint density at radius 2 is 1.94 bits per heavy atom. The van der Waals surface area contributed by atoms with E-state index in [-0.39, 0.29) is 30.2 Å². The molecule has 0 saturated carbocycles. The van der Waals surface area contributed by atoms with Gasteiger partial charge in [-0.25, -0.2) is 12.8 Å². The molecule has 3 aromatic rings. The number of methoxy groups -OCH3 is 1. The first-order chi connectivity index (χ1) is 15.4. The summed E-state index contributed by atoms with van der Waals surface area (Å²) in [7, 11) is -2.51. The van der Waals surface area contributed by atoms with Gasteiger partial charge in [0.05, 0.1) is 43.4 Å². The fourth-order valence-electron chi connectivity index (χ4n) is 3.53. The lowest BCUT2D eigenvalue weighted by molar-refractivity contribution is -0.0923. The molecule has 1 aliphatic heterocycles. The largest absolute Gasteiger partial charge is 0.497 e. The fourth-order valence-corrected chi connectivity index (χ4v) is 4.98. The molecule has 1 N–H and O–H groups in total. The summed E-state index contributed by atoms with van der Waals surface area (Å²) in [4.78, 5) is 15.5. The highest BCUT2D eigenvalue weighted by Crippen LogP contribution is 2.22. The van der Waals surface area contributed by atoms with Gasteiger partial charge < -0.3 is 19.2 Å². The van der Waals surface area contributed by atoms with Crippen molar-refractivity contribution in [3.8, 4) is 5.75 Å². The van der Waals surface area contributed by atoms with Crippen LogP contribution in [0.15, 0.2) is 58.2 Å². The smallest absolute Gasteiger partial charge is 0.252 e. The molecule has 170 valence electrons. The molecule has 1 atom stereocenters. The molecule has 2 heterocycles. The van der Waals surface area contributed by atoms with Gasteiger partial charge in [0.15, 0.2) is 0 Å². The summed E-state index contributed by atoms with van der Waals surface area (Å²) < 4.78 is 57.4. The van der Waals surface area contributed by atoms with Gasteiger partial charge in [-0.05, 0) is 47.9 Å². The number of ether oxygens (including phenoxy) is 3. The highest BCUT2D eigenvalue weighted by atomic mass is 32.2. The molecule has 0 radical (unpaired) electrons. The molecule has 0 aliphatic carbocycles. The number of aromatic amines is 1. The highest BCUT2D eigenvalue weighted by molar-refractivity contribution is 7.89. The van der Waals surface area contributed by atoms with E-state index < -0.39 is 27.5 Å². The van der Waals surface area contributed by atoms with Crippen LogP contribution in [0.25, 0.3) is 10.9 Å². The van der Waals surface area contributed by atoms with Gasteiger partial charge >= 0.3 is 0 Å². The molecule has 1 fully saturated rings. The standard InChI is InChI=1S/C22H23FN2O6S/c1-29-18-5-2-15-10-16(22(26)24-21(15)11-18)12-25(13-19-14-30-8-9-31-19)32(27,28)20-6-3-17(23)4-7-20/h2-7,10-11,19H,8-9,12-14H2,1H3,(H,24,26). The average Bonchev–Trinajstić information content (AvgIpc) is 2.79. The number of rotatable bonds is 7. The molecule has 2 aromatic carbocycles. The van der Waals surface area contributed by atoms with Crippen molar-refractivity contribution in [3.05, 3.63) is 70.3 Å². The molecule has 1 unspecified atom stereocenters. The summed E-state index contributed by atoms with van der Waals surface area (Å²) in [5.74, 6) is 0.0526. The van der Waals surface area contributed by atoms with Crippen LogP contribution in [0.1, 0.15) is 5.56 Å². The number of H-pyrrole nitrogens is 1. The minimum absolute atomic E-state index is 0.0141. The first kappa shape index (κ1) is 22.4. The maximum absolute atomic E-state index is 13.4. The quantitative estimate of drug-likeness (QED) is 0.579. The first-order valence-electron chi connectivity index (χ1n) is 10.0. The molecule has 32 heavy (non-hydrogen) atoms. The number of sulfonamides is 1. The van der Waals surface area contributed by atoms with Crippen LogP contribution in [0.2, 0.25) is 0 Å². The van der Waals surface area contributed by atoms with E-state index in [0.29, 0.717) is 24.5 Å². The Kier molecular flexibility index (Phi) is 6.56. The minimum Gasteiger partial charge on any atom is -0.497 e. The Morgan fingerprint density at radius 3 is 2.62 bits per heavy atom. The number of pyridine rings is 1. The molecule has 0 spiro atoms. The van der Waals surface area contributed by atoms with Gasteiger partial charge in [-0.2, -0.15) is 4.31 Å². The molecule has 0 amide bonds. The Morgan fingerprint density at radius 1 is 1.16 bits per heavy atom. The summed E-state index contributed by atoms with van der Waals surface area (Å²) in [5.41, 5.74) is 0.436. The van der Waals surface area contributed by atoms with Crippen molar-refractivity contribution in [2.45, 2.75) is 17.5 Å². The summed E-state index contributed by atoms with van der Waals surface area (Å²) >= 11 is 0. The molecule has 8 nitrogen and oxygen atoms in total. The maximum Gasteiger partial charge on any atom is 0.252 e. The molecular formula is C22H23FN2O6S. The zero-order valence-electron chi connectivity index (χ0n) is 17.4. The predicted molar refractivity (Wildman–Crippen MR) is 116 cm³/mol. The van der Waals surface area contributed by atoms with E-state index in [1.54, 1.807) is 24.3 Å². The molecule has 1 aliphatic rings. The number of halogens is 1. The van der Waals surface area contributed by atoms with Gasteiger partial charge in [0.2, 0.25) is 10.0 Å². The van der Waals surface area contributed by atoms with Crippen LogP contribution in [0.5, 0.6) is 5.75 Å². The van der Waals surface area contributed by atoms with Gasteiger partial charge in [-0.3, -0.25) is 4.79 Å². The van der Waals surface area contributed by atoms with Gasteiger partial charge in [0.25, 0.3) is 5.56 Å². The second-order valence-corrected chi connectivity index (χ2v) is 9.33. The van der Waals surface area contributed by atoms with E-state index in [4.69, 9.17) is 14.2 Å². The van der Waals surface area contributed by atoms with Crippen molar-refractivity contribution >= 4 is 20.9 Å². The summed E-state index contributed by atoms with van der Waals surface area (Å²) in [5, 5.41) is 0.733. The Balaban J connectivity index is 1.70. The van der Waals surface area contributed by atoms with Crippen molar-refractivity contribution < 1.29 is 27.0 Å². The normalized spacial score (nSPS) is 17.0. The lowest BCUT2D eigenvalue weighted by Gasteiger charge is -2.29. The number of hydrogen-bond acceptors (Lipinski definition) is 6. The van der Waals surface area contributed by atoms with Gasteiger partial charge in [-0.1, -0.05) is 0 Å². The van der Waals surface area contributed by atoms with Crippen LogP contribution in [-0.2, 0) is 26.0 Å². The number of nitrogens with one attached hydrogen (secondary N) is 1. The van der Waals surface area contributed by atoms with E-state index in [0.717, 1.165) is 17.5 Å². The lowest BCUT2D eigenvalue weighted by Crippen LogP contribution is -2.43. The number of nitrogens with zero attached hydrogens (tertiary/aromatic N) is 1. The third-order valence-electron chi connectivity index (χ3n) is 5.22. The van der Waals surface area contributed by atoms with Crippen LogP contribution in [0, 0.1) is 5.82 Å². The van der Waals surface area contributed by atoms with Crippen molar-refractivity contribution in [1.82, 2.24) is 9.29 Å². The van der Waals surface area contributed by atoms with Crippen LogP contribution >= 0.6 is 0 Å². The van der Waals surface area contributed by atoms with Gasteiger partial charge in [0.1, 0.15) is 11.6 Å². The van der Waals surface area contributed by atoms with Crippen molar-refractivity contribution in [1.29, 1.82) is 0 Å². The lowest BCUT2D eigenvalue weighted by atomic mass is 10.1. The van der Waals surface area contributed by atoms with Crippen LogP contribution < -0.4 is 10.3 Å². The SMILES string of the molecule is COc1ccc2cc(CN(CC3COCCO3)S(=O)(=O)c3ccc(F)cc3)c(=O)[nH]c2c1. The third-order valence-corrected chi connectivity index (χ3v) is 7.05. The number of benzene rings is 2. The molecule has 10 heteroatoms. The Labute approximate surface area is 184 Å². The van der Waals surface area contributed by atoms with Crippen LogP contribution in [0.4, 0.5) is 4.39 Å². The maximum atomic E-state index is 13.4. The fraction of sp³-hybridized carbons (Fsp3) is 0.318. The van der Waals surface area contributed by atoms with Crippen molar-refractivity contribution in [2.75, 3.05) is 33.5 Å². The van der Waals surface area contributed by atoms with E-state index in [2.05, 4.69) is 4.98 Å². The van der Waals surface area contributed by atoms with Crippen LogP contribution in [-0.4, -0.2) is 57.3 Å². The number of hydrogen-bond donors (Lipinski definition) is 1. The zero-order chi connectivity index (χ0) is 22.7.